The molecule has 26 heavy (non-hydrogen) atoms. The van der Waals surface area contributed by atoms with Gasteiger partial charge in [-0.15, -0.1) is 0 Å². The van der Waals surface area contributed by atoms with Crippen LogP contribution in [0.4, 0.5) is 0 Å². The summed E-state index contributed by atoms with van der Waals surface area (Å²) in [6, 6.07) is 22.6. The van der Waals surface area contributed by atoms with Crippen molar-refractivity contribution in [3.05, 3.63) is 77.4 Å². The van der Waals surface area contributed by atoms with Crippen molar-refractivity contribution in [2.45, 2.75) is 13.8 Å². The first-order valence-corrected chi connectivity index (χ1v) is 9.52. The van der Waals surface area contributed by atoms with Gasteiger partial charge in [-0.3, -0.25) is 4.40 Å². The Labute approximate surface area is 160 Å². The monoisotopic (exact) mass is 403 g/mol. The summed E-state index contributed by atoms with van der Waals surface area (Å²) in [5.74, 6) is 0. The minimum Gasteiger partial charge on any atom is -0.284 e. The van der Waals surface area contributed by atoms with Crippen LogP contribution in [0.2, 0.25) is 0 Å². The molecule has 0 atom stereocenters. The van der Waals surface area contributed by atoms with Gasteiger partial charge in [0.05, 0.1) is 5.69 Å². The average Bonchev–Trinajstić information content (AvgIpc) is 3.09. The molecule has 0 aliphatic heterocycles. The Bertz CT molecular complexity index is 1210. The molecule has 0 spiro atoms. The molecule has 0 aliphatic rings. The molecule has 0 radical (unpaired) electrons. The number of rotatable bonds is 1. The minimum absolute atomic E-state index is 0.891. The lowest BCUT2D eigenvalue weighted by molar-refractivity contribution is 1.19. The number of fused-ring (bicyclic) bond motifs is 5. The fourth-order valence-corrected chi connectivity index (χ4v) is 3.42. The first kappa shape index (κ1) is 16.7. The van der Waals surface area contributed by atoms with Gasteiger partial charge in [-0.05, 0) is 24.3 Å². The summed E-state index contributed by atoms with van der Waals surface area (Å²) < 4.78 is 3.11. The van der Waals surface area contributed by atoms with Gasteiger partial charge in [-0.2, -0.15) is 0 Å². The van der Waals surface area contributed by atoms with Crippen LogP contribution in [-0.2, 0) is 0 Å². The molecule has 3 nitrogen and oxygen atoms in total. The van der Waals surface area contributed by atoms with E-state index in [4.69, 9.17) is 9.97 Å². The molecular weight excluding hydrogens is 386 g/mol. The zero-order chi connectivity index (χ0) is 18.1. The summed E-state index contributed by atoms with van der Waals surface area (Å²) in [6.45, 7) is 4.00. The molecule has 5 aromatic rings. The van der Waals surface area contributed by atoms with Gasteiger partial charge in [-0.1, -0.05) is 72.2 Å². The lowest BCUT2D eigenvalue weighted by Gasteiger charge is -2.07. The Hall–Kier alpha value is -2.72. The number of imidazole rings is 1. The first-order chi connectivity index (χ1) is 12.8. The van der Waals surface area contributed by atoms with Crippen molar-refractivity contribution in [3.63, 3.8) is 0 Å². The fourth-order valence-electron chi connectivity index (χ4n) is 3.16. The van der Waals surface area contributed by atoms with Gasteiger partial charge in [0, 0.05) is 27.0 Å². The van der Waals surface area contributed by atoms with Crippen LogP contribution >= 0.6 is 15.9 Å². The van der Waals surface area contributed by atoms with Crippen molar-refractivity contribution in [1.82, 2.24) is 14.4 Å². The topological polar surface area (TPSA) is 30.2 Å². The third-order valence-electron chi connectivity index (χ3n) is 4.28. The molecule has 0 bridgehead atoms. The number of halogens is 1. The van der Waals surface area contributed by atoms with Crippen molar-refractivity contribution in [2.75, 3.05) is 0 Å². The Morgan fingerprint density at radius 1 is 0.769 bits per heavy atom. The summed E-state index contributed by atoms with van der Waals surface area (Å²) in [4.78, 5) is 9.76. The third-order valence-corrected chi connectivity index (χ3v) is 4.81. The molecule has 0 N–H and O–H groups in total. The molecule has 2 aromatic carbocycles. The van der Waals surface area contributed by atoms with Gasteiger partial charge in [0.25, 0.3) is 0 Å². The van der Waals surface area contributed by atoms with Crippen LogP contribution in [-0.4, -0.2) is 14.4 Å². The summed E-state index contributed by atoms with van der Waals surface area (Å²) in [5, 5.41) is 2.25. The largest absolute Gasteiger partial charge is 0.284 e. The Morgan fingerprint density at radius 3 is 2.23 bits per heavy atom. The van der Waals surface area contributed by atoms with Crippen molar-refractivity contribution in [1.29, 1.82) is 0 Å². The van der Waals surface area contributed by atoms with Gasteiger partial charge in [0.2, 0.25) is 0 Å². The molecule has 4 heteroatoms. The standard InChI is InChI=1S/C20H12BrN3.C2H6/c21-14-10-8-13(9-11-14)18-15-5-1-2-6-16(15)19-20(23-18)24-12-4-3-7-17(24)22-19;1-2/h1-12H;1-2H3. The second-order valence-electron chi connectivity index (χ2n) is 5.73. The maximum atomic E-state index is 4.98. The number of pyridine rings is 2. The predicted octanol–water partition coefficient (Wildman–Crippen LogP) is 6.49. The molecule has 3 heterocycles. The van der Waals surface area contributed by atoms with Crippen molar-refractivity contribution in [3.8, 4) is 11.3 Å². The lowest BCUT2D eigenvalue weighted by Crippen LogP contribution is -1.91. The molecular formula is C22H18BrN3. The third kappa shape index (κ3) is 2.67. The molecule has 3 aromatic heterocycles. The Kier molecular flexibility index (Phi) is 4.43. The van der Waals surface area contributed by atoms with Crippen molar-refractivity contribution >= 4 is 43.5 Å². The molecule has 0 aliphatic carbocycles. The van der Waals surface area contributed by atoms with E-state index in [-0.39, 0.29) is 0 Å². The van der Waals surface area contributed by atoms with Crippen molar-refractivity contribution < 1.29 is 0 Å². The number of aromatic nitrogens is 3. The normalized spacial score (nSPS) is 10.9. The maximum absolute atomic E-state index is 4.98. The van der Waals surface area contributed by atoms with E-state index < -0.39 is 0 Å². The smallest absolute Gasteiger partial charge is 0.165 e. The van der Waals surface area contributed by atoms with Crippen LogP contribution in [0.1, 0.15) is 13.8 Å². The summed E-state index contributed by atoms with van der Waals surface area (Å²) in [7, 11) is 0. The molecule has 0 unspecified atom stereocenters. The van der Waals surface area contributed by atoms with E-state index in [1.807, 2.05) is 60.8 Å². The number of nitrogens with zero attached hydrogens (tertiary/aromatic N) is 3. The number of benzene rings is 2. The number of hydrogen-bond donors (Lipinski definition) is 0. The van der Waals surface area contributed by atoms with E-state index in [0.717, 1.165) is 43.3 Å². The molecule has 0 fully saturated rings. The van der Waals surface area contributed by atoms with Crippen LogP contribution in [0.25, 0.3) is 38.8 Å². The van der Waals surface area contributed by atoms with Gasteiger partial charge >= 0.3 is 0 Å². The predicted molar refractivity (Wildman–Crippen MR) is 112 cm³/mol. The van der Waals surface area contributed by atoms with E-state index in [1.165, 1.54) is 0 Å². The van der Waals surface area contributed by atoms with Crippen LogP contribution < -0.4 is 0 Å². The van der Waals surface area contributed by atoms with Crippen LogP contribution in [0, 0.1) is 0 Å². The van der Waals surface area contributed by atoms with E-state index in [2.05, 4.69) is 46.3 Å². The molecule has 0 saturated heterocycles. The Morgan fingerprint density at radius 2 is 1.46 bits per heavy atom. The van der Waals surface area contributed by atoms with Crippen LogP contribution in [0.3, 0.4) is 0 Å². The van der Waals surface area contributed by atoms with Gasteiger partial charge < -0.3 is 0 Å². The zero-order valence-electron chi connectivity index (χ0n) is 14.6. The van der Waals surface area contributed by atoms with Crippen molar-refractivity contribution in [2.24, 2.45) is 0 Å². The quantitative estimate of drug-likeness (QED) is 0.320. The van der Waals surface area contributed by atoms with Crippen LogP contribution in [0.15, 0.2) is 77.4 Å². The van der Waals surface area contributed by atoms with Crippen LogP contribution in [0.5, 0.6) is 0 Å². The second kappa shape index (κ2) is 6.89. The van der Waals surface area contributed by atoms with Gasteiger partial charge in [0.1, 0.15) is 11.2 Å². The minimum atomic E-state index is 0.891. The summed E-state index contributed by atoms with van der Waals surface area (Å²) in [5.41, 5.74) is 4.83. The molecule has 5 rings (SSSR count). The highest BCUT2D eigenvalue weighted by atomic mass is 79.9. The average molecular weight is 404 g/mol. The highest BCUT2D eigenvalue weighted by molar-refractivity contribution is 9.10. The maximum Gasteiger partial charge on any atom is 0.165 e. The highest BCUT2D eigenvalue weighted by Crippen LogP contribution is 2.32. The molecule has 128 valence electrons. The van der Waals surface area contributed by atoms with Gasteiger partial charge in [0.15, 0.2) is 5.65 Å². The Balaban J connectivity index is 0.000000814. The first-order valence-electron chi connectivity index (χ1n) is 8.73. The van der Waals surface area contributed by atoms with E-state index in [9.17, 15) is 0 Å². The summed E-state index contributed by atoms with van der Waals surface area (Å²) in [6.07, 6.45) is 2.01. The fraction of sp³-hybridized carbons (Fsp3) is 0.0909. The highest BCUT2D eigenvalue weighted by Gasteiger charge is 2.14. The summed E-state index contributed by atoms with van der Waals surface area (Å²) >= 11 is 3.50. The van der Waals surface area contributed by atoms with E-state index in [1.54, 1.807) is 0 Å². The zero-order valence-corrected chi connectivity index (χ0v) is 16.2. The number of hydrogen-bond acceptors (Lipinski definition) is 2. The molecule has 0 saturated carbocycles. The van der Waals surface area contributed by atoms with Gasteiger partial charge in [-0.25, -0.2) is 9.97 Å². The van der Waals surface area contributed by atoms with E-state index in [0.29, 0.717) is 0 Å². The van der Waals surface area contributed by atoms with E-state index >= 15 is 0 Å². The second-order valence-corrected chi connectivity index (χ2v) is 6.64. The lowest BCUT2D eigenvalue weighted by atomic mass is 10.0. The SMILES string of the molecule is Brc1ccc(-c2nc3c(nc4ccccn43)c3ccccc23)cc1.CC. The molecule has 0 amide bonds.